The number of hydrogen-bond donors (Lipinski definition) is 0. The van der Waals surface area contributed by atoms with E-state index in [4.69, 9.17) is 9.47 Å². The van der Waals surface area contributed by atoms with E-state index in [1.807, 2.05) is 30.6 Å². The van der Waals surface area contributed by atoms with E-state index in [0.29, 0.717) is 0 Å². The molecule has 2 aromatic rings. The molecular formula is C22H31N3O2. The highest BCUT2D eigenvalue weighted by Gasteiger charge is 2.26. The lowest BCUT2D eigenvalue weighted by Crippen LogP contribution is -2.35. The number of hydrogen-bond acceptors (Lipinski definition) is 5. The molecule has 1 aromatic heterocycles. The van der Waals surface area contributed by atoms with Gasteiger partial charge >= 0.3 is 0 Å². The van der Waals surface area contributed by atoms with Crippen LogP contribution in [0.2, 0.25) is 0 Å². The molecule has 27 heavy (non-hydrogen) atoms. The molecule has 2 aliphatic rings. The first-order valence-electron chi connectivity index (χ1n) is 9.41. The van der Waals surface area contributed by atoms with Crippen molar-refractivity contribution in [3.8, 4) is 22.6 Å². The summed E-state index contributed by atoms with van der Waals surface area (Å²) in [4.78, 5) is 9.64. The number of methoxy groups -OCH3 is 2. The first kappa shape index (κ1) is 19.5. The number of ether oxygens (including phenoxy) is 2. The lowest BCUT2D eigenvalue weighted by molar-refractivity contribution is 0.201. The Labute approximate surface area is 162 Å². The van der Waals surface area contributed by atoms with Crippen LogP contribution in [0.3, 0.4) is 0 Å². The van der Waals surface area contributed by atoms with Crippen molar-refractivity contribution in [1.29, 1.82) is 0 Å². The predicted molar refractivity (Wildman–Crippen MR) is 111 cm³/mol. The average molecular weight is 370 g/mol. The summed E-state index contributed by atoms with van der Waals surface area (Å²) < 4.78 is 11.0. The topological polar surface area (TPSA) is 37.8 Å². The molecule has 5 heteroatoms. The van der Waals surface area contributed by atoms with E-state index >= 15 is 0 Å². The van der Waals surface area contributed by atoms with E-state index in [-0.39, 0.29) is 7.43 Å². The van der Waals surface area contributed by atoms with Gasteiger partial charge in [-0.3, -0.25) is 4.98 Å². The van der Waals surface area contributed by atoms with Gasteiger partial charge < -0.3 is 19.3 Å². The van der Waals surface area contributed by atoms with Crippen molar-refractivity contribution in [2.75, 3.05) is 51.8 Å². The number of piperidine rings is 1. The van der Waals surface area contributed by atoms with Crippen molar-refractivity contribution in [2.45, 2.75) is 20.3 Å². The highest BCUT2D eigenvalue weighted by Crippen LogP contribution is 2.35. The molecule has 2 saturated heterocycles. The highest BCUT2D eigenvalue weighted by molar-refractivity contribution is 5.74. The third-order valence-corrected chi connectivity index (χ3v) is 5.57. The van der Waals surface area contributed by atoms with Gasteiger partial charge in [-0.1, -0.05) is 7.43 Å². The molecule has 2 unspecified atom stereocenters. The molecule has 0 aliphatic carbocycles. The molecule has 2 atom stereocenters. The second kappa shape index (κ2) is 8.61. The Kier molecular flexibility index (Phi) is 6.22. The lowest BCUT2D eigenvalue weighted by Gasteiger charge is -2.29. The normalized spacial score (nSPS) is 21.8. The Morgan fingerprint density at radius 2 is 1.89 bits per heavy atom. The summed E-state index contributed by atoms with van der Waals surface area (Å²) in [5, 5.41) is 0. The van der Waals surface area contributed by atoms with Crippen molar-refractivity contribution in [1.82, 2.24) is 9.88 Å². The standard InChI is InChI=1S/C21H27N3O2.CH4/c1-25-19-5-6-21(26-2)20(11-19)17-10-18(13-22-12-17)24-9-8-23-7-3-4-16(14-23)15-24;/h5-6,10-13,16H,3-4,7-9,14-15H2,1-2H3;1H4. The highest BCUT2D eigenvalue weighted by atomic mass is 16.5. The van der Waals surface area contributed by atoms with Crippen LogP contribution in [-0.4, -0.2) is 56.8 Å². The van der Waals surface area contributed by atoms with Gasteiger partial charge in [0.2, 0.25) is 0 Å². The van der Waals surface area contributed by atoms with E-state index in [9.17, 15) is 0 Å². The van der Waals surface area contributed by atoms with Crippen molar-refractivity contribution in [3.63, 3.8) is 0 Å². The van der Waals surface area contributed by atoms with Crippen molar-refractivity contribution >= 4 is 5.69 Å². The second-order valence-corrected chi connectivity index (χ2v) is 7.25. The zero-order chi connectivity index (χ0) is 17.9. The maximum absolute atomic E-state index is 5.56. The Morgan fingerprint density at radius 3 is 2.70 bits per heavy atom. The van der Waals surface area contributed by atoms with Crippen molar-refractivity contribution in [3.05, 3.63) is 36.7 Å². The lowest BCUT2D eigenvalue weighted by atomic mass is 9.98. The molecule has 3 heterocycles. The summed E-state index contributed by atoms with van der Waals surface area (Å²) in [7, 11) is 3.39. The summed E-state index contributed by atoms with van der Waals surface area (Å²) in [5.74, 6) is 2.42. The van der Waals surface area contributed by atoms with Gasteiger partial charge in [-0.15, -0.1) is 0 Å². The van der Waals surface area contributed by atoms with Gasteiger partial charge in [-0.05, 0) is 49.6 Å². The smallest absolute Gasteiger partial charge is 0.127 e. The number of nitrogens with zero attached hydrogens (tertiary/aromatic N) is 3. The quantitative estimate of drug-likeness (QED) is 0.816. The maximum Gasteiger partial charge on any atom is 0.127 e. The number of anilines is 1. The molecule has 0 spiro atoms. The number of pyridine rings is 1. The molecule has 2 bridgehead atoms. The first-order valence-corrected chi connectivity index (χ1v) is 9.41. The number of fused-ring (bicyclic) bond motifs is 2. The Bertz CT molecular complexity index is 765. The molecule has 146 valence electrons. The van der Waals surface area contributed by atoms with Gasteiger partial charge in [0.1, 0.15) is 11.5 Å². The molecule has 0 radical (unpaired) electrons. The summed E-state index contributed by atoms with van der Waals surface area (Å²) in [6.45, 7) is 5.83. The van der Waals surface area contributed by atoms with Crippen LogP contribution in [0.5, 0.6) is 11.5 Å². The van der Waals surface area contributed by atoms with Gasteiger partial charge in [-0.2, -0.15) is 0 Å². The summed E-state index contributed by atoms with van der Waals surface area (Å²) in [6, 6.07) is 8.11. The molecule has 4 rings (SSSR count). The summed E-state index contributed by atoms with van der Waals surface area (Å²) >= 11 is 0. The number of benzene rings is 1. The van der Waals surface area contributed by atoms with Crippen LogP contribution in [0.25, 0.3) is 11.1 Å². The van der Waals surface area contributed by atoms with Gasteiger partial charge in [-0.25, -0.2) is 0 Å². The fourth-order valence-electron chi connectivity index (χ4n) is 4.19. The second-order valence-electron chi connectivity index (χ2n) is 7.25. The van der Waals surface area contributed by atoms with Crippen molar-refractivity contribution < 1.29 is 9.47 Å². The molecule has 0 amide bonds. The largest absolute Gasteiger partial charge is 0.497 e. The number of rotatable bonds is 4. The van der Waals surface area contributed by atoms with Crippen molar-refractivity contribution in [2.24, 2.45) is 5.92 Å². The minimum Gasteiger partial charge on any atom is -0.497 e. The van der Waals surface area contributed by atoms with Gasteiger partial charge in [0, 0.05) is 43.5 Å². The molecule has 0 saturated carbocycles. The Morgan fingerprint density at radius 1 is 1.00 bits per heavy atom. The minimum atomic E-state index is 0. The van der Waals surface area contributed by atoms with Gasteiger partial charge in [0.15, 0.2) is 0 Å². The number of aromatic nitrogens is 1. The monoisotopic (exact) mass is 369 g/mol. The molecule has 5 nitrogen and oxygen atoms in total. The van der Waals surface area contributed by atoms with Crippen LogP contribution in [0.1, 0.15) is 20.3 Å². The van der Waals surface area contributed by atoms with E-state index in [0.717, 1.165) is 48.2 Å². The van der Waals surface area contributed by atoms with Gasteiger partial charge in [0.25, 0.3) is 0 Å². The maximum atomic E-state index is 5.56. The third-order valence-electron chi connectivity index (χ3n) is 5.57. The Hall–Kier alpha value is -2.27. The van der Waals surface area contributed by atoms with Crippen LogP contribution in [-0.2, 0) is 0 Å². The van der Waals surface area contributed by atoms with Crippen LogP contribution in [0.4, 0.5) is 5.69 Å². The fourth-order valence-corrected chi connectivity index (χ4v) is 4.19. The average Bonchev–Trinajstić information content (AvgIpc) is 2.85. The van der Waals surface area contributed by atoms with Crippen LogP contribution in [0.15, 0.2) is 36.7 Å². The van der Waals surface area contributed by atoms with Crippen LogP contribution < -0.4 is 14.4 Å². The van der Waals surface area contributed by atoms with E-state index in [2.05, 4.69) is 20.9 Å². The Balaban J connectivity index is 0.00000210. The molecule has 1 aromatic carbocycles. The zero-order valence-corrected chi connectivity index (χ0v) is 15.6. The van der Waals surface area contributed by atoms with E-state index in [1.54, 1.807) is 14.2 Å². The first-order chi connectivity index (χ1) is 12.8. The molecule has 0 N–H and O–H groups in total. The van der Waals surface area contributed by atoms with Crippen LogP contribution >= 0.6 is 0 Å². The molecule has 2 aliphatic heterocycles. The van der Waals surface area contributed by atoms with Gasteiger partial charge in [0.05, 0.1) is 26.1 Å². The summed E-state index contributed by atoms with van der Waals surface area (Å²) in [6.07, 6.45) is 6.56. The van der Waals surface area contributed by atoms with Crippen LogP contribution in [0, 0.1) is 5.92 Å². The minimum absolute atomic E-state index is 0. The molecule has 2 fully saturated rings. The van der Waals surface area contributed by atoms with E-state index in [1.165, 1.54) is 31.6 Å². The fraction of sp³-hybridized carbons (Fsp3) is 0.500. The predicted octanol–water partition coefficient (Wildman–Crippen LogP) is 3.93. The zero-order valence-electron chi connectivity index (χ0n) is 15.6. The van der Waals surface area contributed by atoms with E-state index < -0.39 is 0 Å². The summed E-state index contributed by atoms with van der Waals surface area (Å²) in [5.41, 5.74) is 3.27. The third kappa shape index (κ3) is 4.19. The SMILES string of the molecule is C.COc1ccc(OC)c(-c2cncc(N3CCN4CCCC(C4)C3)c2)c1. The molecular weight excluding hydrogens is 338 g/mol.